The topological polar surface area (TPSA) is 63.3 Å². The zero-order chi connectivity index (χ0) is 15.5. The Morgan fingerprint density at radius 1 is 1.43 bits per heavy atom. The number of nitrogens with two attached hydrogens (primary N) is 1. The first kappa shape index (κ1) is 15.6. The minimum atomic E-state index is -4.43. The number of benzene rings is 1. The number of anilines is 2. The van der Waals surface area contributed by atoms with Crippen LogP contribution >= 0.6 is 23.1 Å². The number of halogens is 3. The summed E-state index contributed by atoms with van der Waals surface area (Å²) in [5.41, 5.74) is 7.24. The van der Waals surface area contributed by atoms with E-state index < -0.39 is 11.7 Å². The first-order valence-electron chi connectivity index (χ1n) is 5.65. The molecule has 112 valence electrons. The molecule has 0 fully saturated rings. The molecule has 0 bridgehead atoms. The van der Waals surface area contributed by atoms with Crippen molar-refractivity contribution in [3.05, 3.63) is 34.7 Å². The van der Waals surface area contributed by atoms with Crippen molar-refractivity contribution in [3.63, 3.8) is 0 Å². The van der Waals surface area contributed by atoms with Crippen LogP contribution in [0, 0.1) is 0 Å². The molecule has 2 aromatic rings. The summed E-state index contributed by atoms with van der Waals surface area (Å²) in [6.07, 6.45) is -1.60. The molecule has 0 saturated carbocycles. The summed E-state index contributed by atoms with van der Waals surface area (Å²) in [5.74, 6) is 0.331. The van der Waals surface area contributed by atoms with Gasteiger partial charge in [0, 0.05) is 15.8 Å². The van der Waals surface area contributed by atoms with E-state index in [1.807, 2.05) is 0 Å². The Hall–Kier alpha value is -1.74. The summed E-state index contributed by atoms with van der Waals surface area (Å²) in [4.78, 5) is 4.43. The van der Waals surface area contributed by atoms with Gasteiger partial charge in [0.15, 0.2) is 0 Å². The third kappa shape index (κ3) is 4.11. The summed E-state index contributed by atoms with van der Waals surface area (Å²) < 4.78 is 39.0. The van der Waals surface area contributed by atoms with E-state index in [0.29, 0.717) is 15.8 Å². The standard InChI is InChI=1S/C12H11F3N4S2/c1-20-8-3-2-7(9(4-8)12(13,14)15)5-17-19-11-18-10(16)6-21-11/h2-6H,16H2,1H3,(H,18,19). The van der Waals surface area contributed by atoms with E-state index in [2.05, 4.69) is 15.5 Å². The fourth-order valence-electron chi connectivity index (χ4n) is 1.51. The number of alkyl halides is 3. The summed E-state index contributed by atoms with van der Waals surface area (Å²) in [6.45, 7) is 0. The summed E-state index contributed by atoms with van der Waals surface area (Å²) in [5, 5.41) is 5.78. The molecule has 1 aromatic heterocycles. The third-order valence-electron chi connectivity index (χ3n) is 2.45. The van der Waals surface area contributed by atoms with Crippen molar-refractivity contribution in [1.82, 2.24) is 4.98 Å². The van der Waals surface area contributed by atoms with Crippen molar-refractivity contribution in [2.45, 2.75) is 11.1 Å². The summed E-state index contributed by atoms with van der Waals surface area (Å²) >= 11 is 2.46. The zero-order valence-electron chi connectivity index (χ0n) is 10.8. The van der Waals surface area contributed by atoms with Gasteiger partial charge in [0.05, 0.1) is 11.8 Å². The number of nitrogens with zero attached hydrogens (tertiary/aromatic N) is 2. The highest BCUT2D eigenvalue weighted by Crippen LogP contribution is 2.33. The molecule has 1 aromatic carbocycles. The van der Waals surface area contributed by atoms with Crippen LogP contribution in [0.25, 0.3) is 0 Å². The number of thioether (sulfide) groups is 1. The van der Waals surface area contributed by atoms with Gasteiger partial charge in [-0.1, -0.05) is 6.07 Å². The Balaban J connectivity index is 2.22. The highest BCUT2D eigenvalue weighted by Gasteiger charge is 2.33. The van der Waals surface area contributed by atoms with Crippen molar-refractivity contribution < 1.29 is 13.2 Å². The SMILES string of the molecule is CSc1ccc(C=NNc2nc(N)cs2)c(C(F)(F)F)c1. The molecular weight excluding hydrogens is 321 g/mol. The highest BCUT2D eigenvalue weighted by molar-refractivity contribution is 7.98. The van der Waals surface area contributed by atoms with Crippen molar-refractivity contribution in [3.8, 4) is 0 Å². The maximum atomic E-state index is 13.0. The molecule has 0 aliphatic rings. The average Bonchev–Trinajstić information content (AvgIpc) is 2.83. The highest BCUT2D eigenvalue weighted by atomic mass is 32.2. The molecule has 4 nitrogen and oxygen atoms in total. The number of hydrogen-bond donors (Lipinski definition) is 2. The molecule has 0 aliphatic heterocycles. The average molecular weight is 332 g/mol. The molecule has 1 heterocycles. The fourth-order valence-corrected chi connectivity index (χ4v) is 2.50. The van der Waals surface area contributed by atoms with Gasteiger partial charge in [-0.05, 0) is 18.4 Å². The van der Waals surface area contributed by atoms with Gasteiger partial charge in [0.2, 0.25) is 5.13 Å². The van der Waals surface area contributed by atoms with Crippen LogP contribution in [-0.2, 0) is 6.18 Å². The number of hydrogen-bond acceptors (Lipinski definition) is 6. The van der Waals surface area contributed by atoms with E-state index in [9.17, 15) is 13.2 Å². The maximum absolute atomic E-state index is 13.0. The molecular formula is C12H11F3N4S2. The van der Waals surface area contributed by atoms with Crippen molar-refractivity contribution >= 4 is 40.3 Å². The molecule has 2 rings (SSSR count). The normalized spacial score (nSPS) is 12.0. The predicted octanol–water partition coefficient (Wildman–Crippen LogP) is 3.91. The van der Waals surface area contributed by atoms with Crippen LogP contribution in [0.3, 0.4) is 0 Å². The number of rotatable bonds is 4. The van der Waals surface area contributed by atoms with Crippen LogP contribution in [0.2, 0.25) is 0 Å². The van der Waals surface area contributed by atoms with Gasteiger partial charge in [-0.3, -0.25) is 5.43 Å². The van der Waals surface area contributed by atoms with E-state index in [4.69, 9.17) is 5.73 Å². The molecule has 0 spiro atoms. The fraction of sp³-hybridized carbons (Fsp3) is 0.167. The predicted molar refractivity (Wildman–Crippen MR) is 81.0 cm³/mol. The van der Waals surface area contributed by atoms with Crippen LogP contribution in [0.1, 0.15) is 11.1 Å². The Labute approximate surface area is 127 Å². The van der Waals surface area contributed by atoms with Crippen LogP contribution in [-0.4, -0.2) is 17.5 Å². The molecule has 0 amide bonds. The Morgan fingerprint density at radius 3 is 2.76 bits per heavy atom. The third-order valence-corrected chi connectivity index (χ3v) is 3.94. The van der Waals surface area contributed by atoms with E-state index in [1.165, 1.54) is 29.2 Å². The Morgan fingerprint density at radius 2 is 2.19 bits per heavy atom. The second kappa shape index (κ2) is 6.35. The van der Waals surface area contributed by atoms with Crippen LogP contribution in [0.4, 0.5) is 24.1 Å². The first-order valence-corrected chi connectivity index (χ1v) is 7.76. The lowest BCUT2D eigenvalue weighted by Gasteiger charge is -2.11. The van der Waals surface area contributed by atoms with Gasteiger partial charge in [0.1, 0.15) is 5.82 Å². The van der Waals surface area contributed by atoms with E-state index >= 15 is 0 Å². The second-order valence-corrected chi connectivity index (χ2v) is 5.64. The number of nitrogens with one attached hydrogen (secondary N) is 1. The lowest BCUT2D eigenvalue weighted by Crippen LogP contribution is -2.09. The van der Waals surface area contributed by atoms with Gasteiger partial charge >= 0.3 is 6.18 Å². The molecule has 3 N–H and O–H groups in total. The van der Waals surface area contributed by atoms with Crippen molar-refractivity contribution in [1.29, 1.82) is 0 Å². The molecule has 0 radical (unpaired) electrons. The number of thiazole rings is 1. The van der Waals surface area contributed by atoms with E-state index in [1.54, 1.807) is 17.7 Å². The van der Waals surface area contributed by atoms with Gasteiger partial charge < -0.3 is 5.73 Å². The molecule has 0 unspecified atom stereocenters. The maximum Gasteiger partial charge on any atom is 0.417 e. The largest absolute Gasteiger partial charge is 0.417 e. The number of nitrogen functional groups attached to an aromatic ring is 1. The van der Waals surface area contributed by atoms with Gasteiger partial charge in [0.25, 0.3) is 0 Å². The quantitative estimate of drug-likeness (QED) is 0.506. The molecule has 9 heteroatoms. The van der Waals surface area contributed by atoms with Crippen LogP contribution in [0.15, 0.2) is 33.6 Å². The van der Waals surface area contributed by atoms with E-state index in [-0.39, 0.29) is 5.56 Å². The Kier molecular flexibility index (Phi) is 4.73. The summed E-state index contributed by atoms with van der Waals surface area (Å²) in [6, 6.07) is 4.10. The smallest absolute Gasteiger partial charge is 0.383 e. The number of hydrazone groups is 1. The Bertz CT molecular complexity index is 652. The number of aromatic nitrogens is 1. The van der Waals surface area contributed by atoms with Gasteiger partial charge in [-0.2, -0.15) is 18.3 Å². The molecule has 0 aliphatic carbocycles. The molecule has 0 saturated heterocycles. The lowest BCUT2D eigenvalue weighted by atomic mass is 10.1. The van der Waals surface area contributed by atoms with Crippen molar-refractivity contribution in [2.75, 3.05) is 17.4 Å². The van der Waals surface area contributed by atoms with Crippen molar-refractivity contribution in [2.24, 2.45) is 5.10 Å². The lowest BCUT2D eigenvalue weighted by molar-refractivity contribution is -0.137. The first-order chi connectivity index (χ1) is 9.90. The van der Waals surface area contributed by atoms with Crippen LogP contribution < -0.4 is 11.2 Å². The monoisotopic (exact) mass is 332 g/mol. The zero-order valence-corrected chi connectivity index (χ0v) is 12.4. The van der Waals surface area contributed by atoms with Crippen LogP contribution in [0.5, 0.6) is 0 Å². The molecule has 0 atom stereocenters. The molecule has 21 heavy (non-hydrogen) atoms. The van der Waals surface area contributed by atoms with E-state index in [0.717, 1.165) is 12.3 Å². The minimum Gasteiger partial charge on any atom is -0.383 e. The summed E-state index contributed by atoms with van der Waals surface area (Å²) in [7, 11) is 0. The van der Waals surface area contributed by atoms with Gasteiger partial charge in [-0.25, -0.2) is 4.98 Å². The van der Waals surface area contributed by atoms with Gasteiger partial charge in [-0.15, -0.1) is 23.1 Å². The second-order valence-electron chi connectivity index (χ2n) is 3.90. The minimum absolute atomic E-state index is 0.0164.